The number of nitrogens with one attached hydrogen (secondary N) is 2. The summed E-state index contributed by atoms with van der Waals surface area (Å²) in [4.78, 5) is 22.3. The van der Waals surface area contributed by atoms with Crippen molar-refractivity contribution in [1.29, 1.82) is 0 Å². The molecule has 0 radical (unpaired) electrons. The van der Waals surface area contributed by atoms with Crippen LogP contribution >= 0.6 is 0 Å². The molecule has 2 N–H and O–H groups in total. The van der Waals surface area contributed by atoms with Crippen LogP contribution in [0.1, 0.15) is 24.5 Å². The Labute approximate surface area is 101 Å². The van der Waals surface area contributed by atoms with Crippen molar-refractivity contribution < 1.29 is 9.59 Å². The zero-order chi connectivity index (χ0) is 12.8. The van der Waals surface area contributed by atoms with E-state index in [4.69, 9.17) is 0 Å². The summed E-state index contributed by atoms with van der Waals surface area (Å²) in [7, 11) is 0. The maximum Gasteiger partial charge on any atom is 0.319 e. The van der Waals surface area contributed by atoms with Crippen LogP contribution in [0.15, 0.2) is 18.2 Å². The van der Waals surface area contributed by atoms with E-state index in [2.05, 4.69) is 10.6 Å². The number of rotatable bonds is 4. The van der Waals surface area contributed by atoms with Gasteiger partial charge in [-0.05, 0) is 31.9 Å². The quantitative estimate of drug-likeness (QED) is 0.840. The van der Waals surface area contributed by atoms with E-state index >= 15 is 0 Å². The molecule has 1 rings (SSSR count). The van der Waals surface area contributed by atoms with Crippen LogP contribution in [0.5, 0.6) is 0 Å². The molecule has 4 heteroatoms. The van der Waals surface area contributed by atoms with Gasteiger partial charge in [-0.1, -0.05) is 18.2 Å². The van der Waals surface area contributed by atoms with Gasteiger partial charge in [0.2, 0.25) is 0 Å². The van der Waals surface area contributed by atoms with Crippen molar-refractivity contribution in [3.05, 3.63) is 29.3 Å². The maximum atomic E-state index is 11.6. The molecule has 0 saturated heterocycles. The number of hydrogen-bond donors (Lipinski definition) is 2. The summed E-state index contributed by atoms with van der Waals surface area (Å²) in [6, 6.07) is 5.56. The van der Waals surface area contributed by atoms with Gasteiger partial charge in [0.15, 0.2) is 0 Å². The minimum absolute atomic E-state index is 0.0670. The van der Waals surface area contributed by atoms with Crippen molar-refractivity contribution >= 4 is 17.5 Å². The van der Waals surface area contributed by atoms with Crippen molar-refractivity contribution in [2.75, 3.05) is 11.9 Å². The van der Waals surface area contributed by atoms with E-state index in [0.717, 1.165) is 16.8 Å². The van der Waals surface area contributed by atoms with E-state index in [-0.39, 0.29) is 11.8 Å². The molecule has 0 spiro atoms. The molecule has 1 aromatic rings. The van der Waals surface area contributed by atoms with Crippen LogP contribution < -0.4 is 10.6 Å². The van der Waals surface area contributed by atoms with E-state index in [1.54, 1.807) is 0 Å². The zero-order valence-electron chi connectivity index (χ0n) is 10.5. The molecule has 0 aliphatic heterocycles. The number of aryl methyl sites for hydroxylation is 2. The number of amides is 2. The Morgan fingerprint density at radius 1 is 1.18 bits per heavy atom. The predicted molar refractivity (Wildman–Crippen MR) is 68.2 cm³/mol. The van der Waals surface area contributed by atoms with Crippen molar-refractivity contribution in [2.24, 2.45) is 0 Å². The van der Waals surface area contributed by atoms with E-state index in [0.29, 0.717) is 13.0 Å². The molecule has 0 atom stereocenters. The van der Waals surface area contributed by atoms with Gasteiger partial charge in [0.25, 0.3) is 0 Å². The smallest absolute Gasteiger partial charge is 0.319 e. The van der Waals surface area contributed by atoms with Gasteiger partial charge in [0.1, 0.15) is 5.78 Å². The van der Waals surface area contributed by atoms with E-state index in [9.17, 15) is 9.59 Å². The molecular weight excluding hydrogens is 216 g/mol. The molecule has 17 heavy (non-hydrogen) atoms. The van der Waals surface area contributed by atoms with E-state index < -0.39 is 0 Å². The molecular formula is C13H18N2O2. The molecule has 0 unspecified atom stereocenters. The molecule has 4 nitrogen and oxygen atoms in total. The number of ketones is 1. The highest BCUT2D eigenvalue weighted by molar-refractivity contribution is 5.91. The second kappa shape index (κ2) is 6.03. The number of Topliss-reactive ketones (excluding diaryl/α,β-unsaturated/α-hetero) is 1. The van der Waals surface area contributed by atoms with E-state index in [1.165, 1.54) is 6.92 Å². The number of carbonyl (C=O) groups excluding carboxylic acids is 2. The first-order valence-electron chi connectivity index (χ1n) is 5.61. The Morgan fingerprint density at radius 3 is 2.29 bits per heavy atom. The Balaban J connectivity index is 2.53. The van der Waals surface area contributed by atoms with Gasteiger partial charge in [-0.3, -0.25) is 4.79 Å². The van der Waals surface area contributed by atoms with Crippen LogP contribution in [0.2, 0.25) is 0 Å². The summed E-state index contributed by atoms with van der Waals surface area (Å²) in [5.74, 6) is 0.0670. The van der Waals surface area contributed by atoms with Gasteiger partial charge in [0.05, 0.1) is 0 Å². The highest BCUT2D eigenvalue weighted by atomic mass is 16.2. The minimum atomic E-state index is -0.274. The van der Waals surface area contributed by atoms with Crippen LogP contribution in [0, 0.1) is 13.8 Å². The normalized spacial score (nSPS) is 9.82. The lowest BCUT2D eigenvalue weighted by atomic mass is 10.1. The minimum Gasteiger partial charge on any atom is -0.337 e. The number of carbonyl (C=O) groups is 2. The molecule has 92 valence electrons. The van der Waals surface area contributed by atoms with Gasteiger partial charge in [0, 0.05) is 18.7 Å². The average Bonchev–Trinajstić information content (AvgIpc) is 2.23. The summed E-state index contributed by atoms with van der Waals surface area (Å²) in [6.45, 7) is 5.76. The fourth-order valence-electron chi connectivity index (χ4n) is 1.52. The van der Waals surface area contributed by atoms with Crippen LogP contribution in [0.25, 0.3) is 0 Å². The Morgan fingerprint density at radius 2 is 1.76 bits per heavy atom. The van der Waals surface area contributed by atoms with Gasteiger partial charge >= 0.3 is 6.03 Å². The first kappa shape index (κ1) is 13.2. The number of anilines is 1. The number of para-hydroxylation sites is 1. The SMILES string of the molecule is CC(=O)CCNC(=O)Nc1c(C)cccc1C. The largest absolute Gasteiger partial charge is 0.337 e. The first-order chi connectivity index (χ1) is 8.00. The molecule has 1 aromatic carbocycles. The third-order valence-corrected chi connectivity index (χ3v) is 2.48. The third kappa shape index (κ3) is 4.26. The Bertz CT molecular complexity index is 407. The summed E-state index contributed by atoms with van der Waals surface area (Å²) < 4.78 is 0. The summed E-state index contributed by atoms with van der Waals surface area (Å²) in [5, 5.41) is 5.44. The van der Waals surface area contributed by atoms with Crippen molar-refractivity contribution in [1.82, 2.24) is 5.32 Å². The van der Waals surface area contributed by atoms with Gasteiger partial charge in [-0.2, -0.15) is 0 Å². The topological polar surface area (TPSA) is 58.2 Å². The molecule has 0 aliphatic rings. The summed E-state index contributed by atoms with van der Waals surface area (Å²) >= 11 is 0. The predicted octanol–water partition coefficient (Wildman–Crippen LogP) is 2.40. The average molecular weight is 234 g/mol. The lowest BCUT2D eigenvalue weighted by Crippen LogP contribution is -2.30. The number of hydrogen-bond acceptors (Lipinski definition) is 2. The molecule has 0 aliphatic carbocycles. The number of benzene rings is 1. The Kier molecular flexibility index (Phi) is 4.69. The van der Waals surface area contributed by atoms with Crippen LogP contribution in [0.4, 0.5) is 10.5 Å². The molecule has 0 fully saturated rings. The fourth-order valence-corrected chi connectivity index (χ4v) is 1.52. The van der Waals surface area contributed by atoms with Crippen LogP contribution in [0.3, 0.4) is 0 Å². The van der Waals surface area contributed by atoms with Gasteiger partial charge in [-0.25, -0.2) is 4.79 Å². The highest BCUT2D eigenvalue weighted by Gasteiger charge is 2.06. The maximum absolute atomic E-state index is 11.6. The fraction of sp³-hybridized carbons (Fsp3) is 0.385. The van der Waals surface area contributed by atoms with Gasteiger partial charge < -0.3 is 10.6 Å². The monoisotopic (exact) mass is 234 g/mol. The standard InChI is InChI=1S/C13H18N2O2/c1-9-5-4-6-10(2)12(9)15-13(17)14-8-7-11(3)16/h4-6H,7-8H2,1-3H3,(H2,14,15,17). The molecule has 0 bridgehead atoms. The zero-order valence-corrected chi connectivity index (χ0v) is 10.5. The summed E-state index contributed by atoms with van der Waals surface area (Å²) in [6.07, 6.45) is 0.361. The molecule has 0 saturated carbocycles. The second-order valence-electron chi connectivity index (χ2n) is 4.10. The lowest BCUT2D eigenvalue weighted by Gasteiger charge is -2.11. The number of urea groups is 1. The van der Waals surface area contributed by atoms with Crippen LogP contribution in [-0.4, -0.2) is 18.4 Å². The van der Waals surface area contributed by atoms with Crippen molar-refractivity contribution in [3.63, 3.8) is 0 Å². The molecule has 0 heterocycles. The van der Waals surface area contributed by atoms with Gasteiger partial charge in [-0.15, -0.1) is 0 Å². The first-order valence-corrected chi connectivity index (χ1v) is 5.61. The highest BCUT2D eigenvalue weighted by Crippen LogP contribution is 2.18. The Hall–Kier alpha value is -1.84. The second-order valence-corrected chi connectivity index (χ2v) is 4.10. The van der Waals surface area contributed by atoms with Crippen molar-refractivity contribution in [2.45, 2.75) is 27.2 Å². The molecule has 2 amide bonds. The third-order valence-electron chi connectivity index (χ3n) is 2.48. The lowest BCUT2D eigenvalue weighted by molar-refractivity contribution is -0.116. The van der Waals surface area contributed by atoms with Crippen LogP contribution in [-0.2, 0) is 4.79 Å². The molecule has 0 aromatic heterocycles. The van der Waals surface area contributed by atoms with Crippen molar-refractivity contribution in [3.8, 4) is 0 Å². The summed E-state index contributed by atoms with van der Waals surface area (Å²) in [5.41, 5.74) is 2.87. The van der Waals surface area contributed by atoms with E-state index in [1.807, 2.05) is 32.0 Å².